The molecular formula is C17H21N3O5. The molecule has 1 heterocycles. The van der Waals surface area contributed by atoms with Gasteiger partial charge in [0, 0.05) is 23.9 Å². The highest BCUT2D eigenvalue weighted by atomic mass is 16.5. The van der Waals surface area contributed by atoms with Gasteiger partial charge in [0.15, 0.2) is 0 Å². The zero-order valence-electron chi connectivity index (χ0n) is 14.4. The van der Waals surface area contributed by atoms with Gasteiger partial charge in [0.1, 0.15) is 23.6 Å². The summed E-state index contributed by atoms with van der Waals surface area (Å²) in [6, 6.07) is 4.40. The number of hydrogen-bond donors (Lipinski definition) is 2. The van der Waals surface area contributed by atoms with Crippen LogP contribution in [0.2, 0.25) is 0 Å². The molecule has 0 bridgehead atoms. The zero-order valence-corrected chi connectivity index (χ0v) is 14.4. The smallest absolute Gasteiger partial charge is 0.325 e. The Morgan fingerprint density at radius 2 is 1.84 bits per heavy atom. The van der Waals surface area contributed by atoms with Gasteiger partial charge >= 0.3 is 6.03 Å². The summed E-state index contributed by atoms with van der Waals surface area (Å²) in [5.41, 5.74) is -0.436. The first kappa shape index (κ1) is 17.1. The highest BCUT2D eigenvalue weighted by molar-refractivity contribution is 6.10. The second-order valence-corrected chi connectivity index (χ2v) is 6.45. The number of ether oxygens (including phenoxy) is 2. The van der Waals surface area contributed by atoms with Crippen LogP contribution in [0.1, 0.15) is 19.8 Å². The summed E-state index contributed by atoms with van der Waals surface area (Å²) in [6.07, 6.45) is 1.82. The number of carbonyl (C=O) groups excluding carboxylic acids is 3. The molecule has 4 amide bonds. The number of anilines is 1. The van der Waals surface area contributed by atoms with Gasteiger partial charge in [-0.3, -0.25) is 14.5 Å². The van der Waals surface area contributed by atoms with Crippen LogP contribution >= 0.6 is 0 Å². The van der Waals surface area contributed by atoms with Gasteiger partial charge in [-0.05, 0) is 25.7 Å². The van der Waals surface area contributed by atoms with E-state index in [9.17, 15) is 14.4 Å². The quantitative estimate of drug-likeness (QED) is 0.758. The van der Waals surface area contributed by atoms with E-state index in [0.29, 0.717) is 17.2 Å². The number of hydrogen-bond acceptors (Lipinski definition) is 5. The summed E-state index contributed by atoms with van der Waals surface area (Å²) >= 11 is 0. The highest BCUT2D eigenvalue weighted by Crippen LogP contribution is 2.42. The molecule has 3 rings (SSSR count). The van der Waals surface area contributed by atoms with Crippen molar-refractivity contribution in [2.24, 2.45) is 5.92 Å². The number of nitrogens with zero attached hydrogens (tertiary/aromatic N) is 1. The molecule has 1 aliphatic carbocycles. The molecule has 8 heteroatoms. The van der Waals surface area contributed by atoms with Crippen LogP contribution in [0.15, 0.2) is 18.2 Å². The first-order valence-electron chi connectivity index (χ1n) is 8.04. The maximum absolute atomic E-state index is 12.5. The number of imide groups is 1. The van der Waals surface area contributed by atoms with Crippen molar-refractivity contribution in [1.82, 2.24) is 10.2 Å². The van der Waals surface area contributed by atoms with Crippen LogP contribution in [0.5, 0.6) is 11.5 Å². The van der Waals surface area contributed by atoms with E-state index < -0.39 is 17.5 Å². The van der Waals surface area contributed by atoms with E-state index in [1.165, 1.54) is 14.2 Å². The lowest BCUT2D eigenvalue weighted by Crippen LogP contribution is -2.46. The van der Waals surface area contributed by atoms with Gasteiger partial charge < -0.3 is 20.1 Å². The third kappa shape index (κ3) is 3.24. The average Bonchev–Trinajstić information content (AvgIpc) is 3.40. The average molecular weight is 347 g/mol. The molecule has 0 spiro atoms. The number of rotatable bonds is 6. The van der Waals surface area contributed by atoms with E-state index >= 15 is 0 Å². The summed E-state index contributed by atoms with van der Waals surface area (Å²) in [4.78, 5) is 37.9. The molecule has 2 N–H and O–H groups in total. The minimum atomic E-state index is -0.892. The summed E-state index contributed by atoms with van der Waals surface area (Å²) < 4.78 is 10.3. The number of methoxy groups -OCH3 is 2. The molecule has 1 aromatic carbocycles. The second kappa shape index (κ2) is 6.27. The molecule has 0 aromatic heterocycles. The maximum Gasteiger partial charge on any atom is 0.325 e. The number of benzene rings is 1. The third-order valence-electron chi connectivity index (χ3n) is 4.63. The molecule has 1 aliphatic heterocycles. The predicted octanol–water partition coefficient (Wildman–Crippen LogP) is 1.36. The van der Waals surface area contributed by atoms with Gasteiger partial charge in [0.05, 0.1) is 14.2 Å². The van der Waals surface area contributed by atoms with Crippen molar-refractivity contribution < 1.29 is 23.9 Å². The van der Waals surface area contributed by atoms with Crippen molar-refractivity contribution in [3.8, 4) is 11.5 Å². The van der Waals surface area contributed by atoms with Crippen LogP contribution in [0, 0.1) is 5.92 Å². The number of urea groups is 1. The molecule has 1 saturated heterocycles. The Labute approximate surface area is 145 Å². The van der Waals surface area contributed by atoms with Crippen molar-refractivity contribution in [3.05, 3.63) is 18.2 Å². The lowest BCUT2D eigenvalue weighted by molar-refractivity contribution is -0.134. The van der Waals surface area contributed by atoms with Gasteiger partial charge in [-0.15, -0.1) is 0 Å². The molecule has 8 nitrogen and oxygen atoms in total. The van der Waals surface area contributed by atoms with Gasteiger partial charge in [0.2, 0.25) is 5.91 Å². The number of carbonyl (C=O) groups is 3. The number of amides is 4. The van der Waals surface area contributed by atoms with E-state index in [-0.39, 0.29) is 18.4 Å². The maximum atomic E-state index is 12.5. The van der Waals surface area contributed by atoms with Gasteiger partial charge in [-0.25, -0.2) is 4.79 Å². The normalized spacial score (nSPS) is 22.6. The van der Waals surface area contributed by atoms with E-state index in [1.807, 2.05) is 0 Å². The van der Waals surface area contributed by atoms with E-state index in [2.05, 4.69) is 10.6 Å². The zero-order chi connectivity index (χ0) is 18.2. The van der Waals surface area contributed by atoms with E-state index in [1.54, 1.807) is 25.1 Å². The predicted molar refractivity (Wildman–Crippen MR) is 89.5 cm³/mol. The number of nitrogens with one attached hydrogen (secondary N) is 2. The fourth-order valence-electron chi connectivity index (χ4n) is 3.02. The molecule has 1 saturated carbocycles. The van der Waals surface area contributed by atoms with Crippen LogP contribution in [-0.4, -0.2) is 49.0 Å². The summed E-state index contributed by atoms with van der Waals surface area (Å²) in [6.45, 7) is 1.38. The van der Waals surface area contributed by atoms with Crippen molar-refractivity contribution in [1.29, 1.82) is 0 Å². The van der Waals surface area contributed by atoms with Gasteiger partial charge in [-0.2, -0.15) is 0 Å². The minimum absolute atomic E-state index is 0.152. The lowest BCUT2D eigenvalue weighted by atomic mass is 9.96. The first-order chi connectivity index (χ1) is 11.9. The van der Waals surface area contributed by atoms with Gasteiger partial charge in [0.25, 0.3) is 5.91 Å². The Morgan fingerprint density at radius 1 is 1.24 bits per heavy atom. The topological polar surface area (TPSA) is 97.0 Å². The molecule has 134 valence electrons. The van der Waals surface area contributed by atoms with Crippen LogP contribution in [0.4, 0.5) is 10.5 Å². The van der Waals surface area contributed by atoms with Crippen molar-refractivity contribution in [2.75, 3.05) is 26.1 Å². The van der Waals surface area contributed by atoms with Gasteiger partial charge in [-0.1, -0.05) is 0 Å². The molecule has 0 unspecified atom stereocenters. The fourth-order valence-corrected chi connectivity index (χ4v) is 3.02. The Kier molecular flexibility index (Phi) is 4.28. The SMILES string of the molecule is COc1cc(NC(=O)CN2C(=O)N[C@@](C)(C3CC3)C2=O)cc(OC)c1. The first-order valence-corrected chi connectivity index (χ1v) is 8.04. The van der Waals surface area contributed by atoms with Crippen LogP contribution < -0.4 is 20.1 Å². The second-order valence-electron chi connectivity index (χ2n) is 6.45. The van der Waals surface area contributed by atoms with Crippen LogP contribution in [0.3, 0.4) is 0 Å². The fraction of sp³-hybridized carbons (Fsp3) is 0.471. The minimum Gasteiger partial charge on any atom is -0.497 e. The molecule has 1 atom stereocenters. The largest absolute Gasteiger partial charge is 0.497 e. The monoisotopic (exact) mass is 347 g/mol. The molecule has 25 heavy (non-hydrogen) atoms. The molecule has 0 radical (unpaired) electrons. The molecular weight excluding hydrogens is 326 g/mol. The van der Waals surface area contributed by atoms with Crippen molar-refractivity contribution in [3.63, 3.8) is 0 Å². The Hall–Kier alpha value is -2.77. The van der Waals surface area contributed by atoms with E-state index in [4.69, 9.17) is 9.47 Å². The van der Waals surface area contributed by atoms with Crippen LogP contribution in [0.25, 0.3) is 0 Å². The Morgan fingerprint density at radius 3 is 2.36 bits per heavy atom. The third-order valence-corrected chi connectivity index (χ3v) is 4.63. The molecule has 2 fully saturated rings. The summed E-state index contributed by atoms with van der Waals surface area (Å²) in [5, 5.41) is 5.37. The highest BCUT2D eigenvalue weighted by Gasteiger charge is 2.56. The summed E-state index contributed by atoms with van der Waals surface area (Å²) in [5.74, 6) is 0.369. The van der Waals surface area contributed by atoms with E-state index in [0.717, 1.165) is 17.7 Å². The molecule has 1 aromatic rings. The molecule has 2 aliphatic rings. The summed E-state index contributed by atoms with van der Waals surface area (Å²) in [7, 11) is 3.01. The van der Waals surface area contributed by atoms with Crippen LogP contribution in [-0.2, 0) is 9.59 Å². The van der Waals surface area contributed by atoms with Crippen molar-refractivity contribution >= 4 is 23.5 Å². The lowest BCUT2D eigenvalue weighted by Gasteiger charge is -2.20. The van der Waals surface area contributed by atoms with Crippen molar-refractivity contribution in [2.45, 2.75) is 25.3 Å². The Bertz CT molecular complexity index is 709. The Balaban J connectivity index is 1.68. The standard InChI is InChI=1S/C17H21N3O5/c1-17(10-4-5-10)15(22)20(16(23)19-17)9-14(21)18-11-6-12(24-2)8-13(7-11)25-3/h6-8,10H,4-5,9H2,1-3H3,(H,18,21)(H,19,23)/t17-/m0/s1.